The summed E-state index contributed by atoms with van der Waals surface area (Å²) in [6.45, 7) is 5.65. The van der Waals surface area contributed by atoms with Crippen molar-refractivity contribution in [1.29, 1.82) is 0 Å². The monoisotopic (exact) mass is 262 g/mol. The number of fused-ring (bicyclic) bond motifs is 1. The number of carbonyl (C=O) groups is 1. The van der Waals surface area contributed by atoms with Gasteiger partial charge in [0.15, 0.2) is 0 Å². The van der Waals surface area contributed by atoms with Crippen molar-refractivity contribution in [3.63, 3.8) is 0 Å². The van der Waals surface area contributed by atoms with Gasteiger partial charge in [0.05, 0.1) is 7.11 Å². The number of esters is 1. The van der Waals surface area contributed by atoms with Crippen LogP contribution in [-0.2, 0) is 22.6 Å². The molecule has 0 aromatic heterocycles. The molecule has 0 aliphatic carbocycles. The Morgan fingerprint density at radius 3 is 2.53 bits per heavy atom. The van der Waals surface area contributed by atoms with Gasteiger partial charge in [-0.05, 0) is 24.1 Å². The Kier molecular flexibility index (Phi) is 4.93. The van der Waals surface area contributed by atoms with Crippen molar-refractivity contribution >= 4 is 5.97 Å². The molecule has 1 heterocycles. The molecule has 1 aromatic carbocycles. The summed E-state index contributed by atoms with van der Waals surface area (Å²) in [5.41, 5.74) is 2.81. The molecular weight excluding hydrogens is 240 g/mol. The van der Waals surface area contributed by atoms with Gasteiger partial charge in [0.2, 0.25) is 0 Å². The minimum absolute atomic E-state index is 0.168. The number of hydrogen-bond donors (Lipinski definition) is 1. The SMILES string of the molecule is CCNC(CCN1Cc2ccccc2C1)C(=O)OC. The lowest BCUT2D eigenvalue weighted by atomic mass is 10.1. The van der Waals surface area contributed by atoms with E-state index >= 15 is 0 Å². The average Bonchev–Trinajstić information content (AvgIpc) is 2.85. The summed E-state index contributed by atoms with van der Waals surface area (Å²) in [4.78, 5) is 14.0. The van der Waals surface area contributed by atoms with Crippen LogP contribution in [0.3, 0.4) is 0 Å². The molecule has 0 saturated carbocycles. The highest BCUT2D eigenvalue weighted by atomic mass is 16.5. The Morgan fingerprint density at radius 1 is 1.37 bits per heavy atom. The molecule has 1 aromatic rings. The number of rotatable bonds is 6. The molecule has 0 amide bonds. The summed E-state index contributed by atoms with van der Waals surface area (Å²) in [7, 11) is 1.44. The molecule has 19 heavy (non-hydrogen) atoms. The molecule has 1 unspecified atom stereocenters. The lowest BCUT2D eigenvalue weighted by molar-refractivity contribution is -0.143. The highest BCUT2D eigenvalue weighted by Crippen LogP contribution is 2.22. The first kappa shape index (κ1) is 14.0. The van der Waals surface area contributed by atoms with Crippen LogP contribution in [-0.4, -0.2) is 37.1 Å². The fraction of sp³-hybridized carbons (Fsp3) is 0.533. The number of hydrogen-bond acceptors (Lipinski definition) is 4. The van der Waals surface area contributed by atoms with Crippen LogP contribution in [0, 0.1) is 0 Å². The molecule has 0 radical (unpaired) electrons. The van der Waals surface area contributed by atoms with E-state index in [-0.39, 0.29) is 12.0 Å². The van der Waals surface area contributed by atoms with E-state index in [1.54, 1.807) is 0 Å². The van der Waals surface area contributed by atoms with E-state index in [0.29, 0.717) is 0 Å². The van der Waals surface area contributed by atoms with Crippen molar-refractivity contribution in [2.45, 2.75) is 32.5 Å². The first-order valence-electron chi connectivity index (χ1n) is 6.85. The molecule has 0 bridgehead atoms. The summed E-state index contributed by atoms with van der Waals surface area (Å²) < 4.78 is 4.82. The van der Waals surface area contributed by atoms with Crippen LogP contribution < -0.4 is 5.32 Å². The average molecular weight is 262 g/mol. The Bertz CT molecular complexity index is 409. The second kappa shape index (κ2) is 6.68. The molecule has 0 saturated heterocycles. The van der Waals surface area contributed by atoms with E-state index < -0.39 is 0 Å². The predicted octanol–water partition coefficient (Wildman–Crippen LogP) is 1.54. The smallest absolute Gasteiger partial charge is 0.322 e. The van der Waals surface area contributed by atoms with Gasteiger partial charge < -0.3 is 10.1 Å². The Balaban J connectivity index is 1.84. The van der Waals surface area contributed by atoms with Crippen LogP contribution in [0.25, 0.3) is 0 Å². The van der Waals surface area contributed by atoms with Gasteiger partial charge in [0, 0.05) is 19.6 Å². The van der Waals surface area contributed by atoms with Crippen molar-refractivity contribution in [3.05, 3.63) is 35.4 Å². The largest absolute Gasteiger partial charge is 0.468 e. The fourth-order valence-electron chi connectivity index (χ4n) is 2.57. The number of nitrogens with zero attached hydrogens (tertiary/aromatic N) is 1. The molecule has 0 fully saturated rings. The standard InChI is InChI=1S/C15H22N2O2/c1-3-16-14(15(18)19-2)8-9-17-10-12-6-4-5-7-13(12)11-17/h4-7,14,16H,3,8-11H2,1-2H3. The fourth-order valence-corrected chi connectivity index (χ4v) is 2.57. The van der Waals surface area contributed by atoms with Crippen molar-refractivity contribution in [2.24, 2.45) is 0 Å². The van der Waals surface area contributed by atoms with E-state index in [2.05, 4.69) is 34.5 Å². The third kappa shape index (κ3) is 3.55. The summed E-state index contributed by atoms with van der Waals surface area (Å²) in [5, 5.41) is 3.18. The number of benzene rings is 1. The maximum atomic E-state index is 11.6. The Hall–Kier alpha value is -1.39. The Labute approximate surface area is 114 Å². The zero-order chi connectivity index (χ0) is 13.7. The molecular formula is C15H22N2O2. The molecule has 4 nitrogen and oxygen atoms in total. The second-order valence-corrected chi connectivity index (χ2v) is 4.90. The molecule has 1 aliphatic heterocycles. The number of methoxy groups -OCH3 is 1. The Morgan fingerprint density at radius 2 is 2.00 bits per heavy atom. The maximum Gasteiger partial charge on any atom is 0.322 e. The highest BCUT2D eigenvalue weighted by Gasteiger charge is 2.22. The molecule has 104 valence electrons. The van der Waals surface area contributed by atoms with E-state index in [9.17, 15) is 4.79 Å². The molecule has 0 spiro atoms. The maximum absolute atomic E-state index is 11.6. The van der Waals surface area contributed by atoms with E-state index in [4.69, 9.17) is 4.74 Å². The highest BCUT2D eigenvalue weighted by molar-refractivity contribution is 5.75. The van der Waals surface area contributed by atoms with Crippen LogP contribution >= 0.6 is 0 Å². The number of likely N-dealkylation sites (N-methyl/N-ethyl adjacent to an activating group) is 1. The van der Waals surface area contributed by atoms with Crippen LogP contribution in [0.15, 0.2) is 24.3 Å². The van der Waals surface area contributed by atoms with Crippen LogP contribution in [0.2, 0.25) is 0 Å². The van der Waals surface area contributed by atoms with Crippen molar-refractivity contribution < 1.29 is 9.53 Å². The predicted molar refractivity (Wildman–Crippen MR) is 74.7 cm³/mol. The quantitative estimate of drug-likeness (QED) is 0.790. The number of nitrogens with one attached hydrogen (secondary N) is 1. The van der Waals surface area contributed by atoms with Crippen molar-refractivity contribution in [2.75, 3.05) is 20.2 Å². The summed E-state index contributed by atoms with van der Waals surface area (Å²) >= 11 is 0. The van der Waals surface area contributed by atoms with E-state index in [1.807, 2.05) is 6.92 Å². The van der Waals surface area contributed by atoms with E-state index in [0.717, 1.165) is 32.6 Å². The molecule has 1 atom stereocenters. The number of carbonyl (C=O) groups excluding carboxylic acids is 1. The van der Waals surface area contributed by atoms with Crippen LogP contribution in [0.5, 0.6) is 0 Å². The third-order valence-electron chi connectivity index (χ3n) is 3.58. The summed E-state index contributed by atoms with van der Waals surface area (Å²) in [6, 6.07) is 8.32. The summed E-state index contributed by atoms with van der Waals surface area (Å²) in [5.74, 6) is -0.168. The molecule has 1 aliphatic rings. The molecule has 1 N–H and O–H groups in total. The second-order valence-electron chi connectivity index (χ2n) is 4.90. The summed E-state index contributed by atoms with van der Waals surface area (Å²) in [6.07, 6.45) is 0.786. The van der Waals surface area contributed by atoms with Gasteiger partial charge >= 0.3 is 5.97 Å². The van der Waals surface area contributed by atoms with Crippen molar-refractivity contribution in [1.82, 2.24) is 10.2 Å². The van der Waals surface area contributed by atoms with Gasteiger partial charge in [0.1, 0.15) is 6.04 Å². The van der Waals surface area contributed by atoms with Gasteiger partial charge in [-0.2, -0.15) is 0 Å². The number of ether oxygens (including phenoxy) is 1. The van der Waals surface area contributed by atoms with Crippen LogP contribution in [0.1, 0.15) is 24.5 Å². The molecule has 2 rings (SSSR count). The van der Waals surface area contributed by atoms with Gasteiger partial charge in [-0.1, -0.05) is 31.2 Å². The zero-order valence-electron chi connectivity index (χ0n) is 11.7. The van der Waals surface area contributed by atoms with Crippen molar-refractivity contribution in [3.8, 4) is 0 Å². The minimum atomic E-state index is -0.196. The minimum Gasteiger partial charge on any atom is -0.468 e. The normalized spacial score (nSPS) is 16.1. The van der Waals surface area contributed by atoms with Crippen LogP contribution in [0.4, 0.5) is 0 Å². The zero-order valence-corrected chi connectivity index (χ0v) is 11.7. The third-order valence-corrected chi connectivity index (χ3v) is 3.58. The molecule has 4 heteroatoms. The first-order valence-corrected chi connectivity index (χ1v) is 6.85. The van der Waals surface area contributed by atoms with Gasteiger partial charge in [-0.25, -0.2) is 0 Å². The topological polar surface area (TPSA) is 41.6 Å². The van der Waals surface area contributed by atoms with E-state index in [1.165, 1.54) is 18.2 Å². The van der Waals surface area contributed by atoms with Gasteiger partial charge in [-0.15, -0.1) is 0 Å². The first-order chi connectivity index (χ1) is 9.24. The van der Waals surface area contributed by atoms with Gasteiger partial charge in [0.25, 0.3) is 0 Å². The lowest BCUT2D eigenvalue weighted by Gasteiger charge is -2.20. The van der Waals surface area contributed by atoms with Gasteiger partial charge in [-0.3, -0.25) is 9.69 Å². The lowest BCUT2D eigenvalue weighted by Crippen LogP contribution is -2.39.